The third kappa shape index (κ3) is 6.61. The fraction of sp³-hybridized carbons (Fsp3) is 0.429. The van der Waals surface area contributed by atoms with E-state index in [-0.39, 0.29) is 17.3 Å². The highest BCUT2D eigenvalue weighted by Gasteiger charge is 2.30. The maximum atomic E-state index is 13.5. The van der Waals surface area contributed by atoms with Crippen LogP contribution in [0, 0.1) is 5.82 Å². The maximum Gasteiger partial charge on any atom is 0.416 e. The highest BCUT2D eigenvalue weighted by molar-refractivity contribution is 5.30. The zero-order valence-corrected chi connectivity index (χ0v) is 16.0. The number of hydrogen-bond acceptors (Lipinski definition) is 4. The average Bonchev–Trinajstić information content (AvgIpc) is 2.70. The normalized spacial score (nSPS) is 16.0. The van der Waals surface area contributed by atoms with Gasteiger partial charge < -0.3 is 9.47 Å². The minimum atomic E-state index is -4.37. The lowest BCUT2D eigenvalue weighted by Crippen LogP contribution is -2.48. The Labute approximate surface area is 167 Å². The first kappa shape index (κ1) is 21.4. The van der Waals surface area contributed by atoms with E-state index >= 15 is 0 Å². The van der Waals surface area contributed by atoms with Crippen molar-refractivity contribution in [3.63, 3.8) is 0 Å². The number of para-hydroxylation sites is 1. The second-order valence-electron chi connectivity index (χ2n) is 6.84. The van der Waals surface area contributed by atoms with Crippen molar-refractivity contribution in [2.45, 2.75) is 6.18 Å². The number of benzene rings is 2. The molecular formula is C21H24F4N2O2. The van der Waals surface area contributed by atoms with Gasteiger partial charge in [-0.2, -0.15) is 13.2 Å². The van der Waals surface area contributed by atoms with Gasteiger partial charge >= 0.3 is 6.18 Å². The van der Waals surface area contributed by atoms with Gasteiger partial charge in [0.2, 0.25) is 0 Å². The minimum absolute atomic E-state index is 0.226. The molecule has 0 atom stereocenters. The summed E-state index contributed by atoms with van der Waals surface area (Å²) >= 11 is 0. The van der Waals surface area contributed by atoms with Crippen molar-refractivity contribution in [1.29, 1.82) is 0 Å². The van der Waals surface area contributed by atoms with E-state index in [1.165, 1.54) is 18.2 Å². The Balaban J connectivity index is 1.32. The highest BCUT2D eigenvalue weighted by atomic mass is 19.4. The number of ether oxygens (including phenoxy) is 2. The summed E-state index contributed by atoms with van der Waals surface area (Å²) in [5, 5.41) is 0. The lowest BCUT2D eigenvalue weighted by atomic mass is 10.2. The molecule has 0 saturated carbocycles. The van der Waals surface area contributed by atoms with E-state index in [4.69, 9.17) is 9.47 Å². The van der Waals surface area contributed by atoms with Crippen molar-refractivity contribution < 1.29 is 27.0 Å². The van der Waals surface area contributed by atoms with Crippen LogP contribution in [0.25, 0.3) is 0 Å². The Bertz CT molecular complexity index is 777. The zero-order chi connectivity index (χ0) is 20.7. The first-order valence-corrected chi connectivity index (χ1v) is 9.54. The molecule has 0 bridgehead atoms. The molecule has 0 aromatic heterocycles. The molecule has 0 amide bonds. The Morgan fingerprint density at radius 2 is 1.41 bits per heavy atom. The first-order valence-electron chi connectivity index (χ1n) is 9.54. The SMILES string of the molecule is Fc1ccccc1OCCN1CCN(CCOc2cccc(C(F)(F)F)c2)CC1. The van der Waals surface area contributed by atoms with Gasteiger partial charge in [0.25, 0.3) is 0 Å². The summed E-state index contributed by atoms with van der Waals surface area (Å²) in [6, 6.07) is 11.3. The van der Waals surface area contributed by atoms with Gasteiger partial charge in [-0.15, -0.1) is 0 Å². The number of alkyl halides is 3. The molecule has 0 unspecified atom stereocenters. The summed E-state index contributed by atoms with van der Waals surface area (Å²) in [6.07, 6.45) is -4.37. The second kappa shape index (κ2) is 9.93. The fourth-order valence-electron chi connectivity index (χ4n) is 3.14. The molecule has 1 aliphatic heterocycles. The van der Waals surface area contributed by atoms with Crippen LogP contribution in [0.1, 0.15) is 5.56 Å². The summed E-state index contributed by atoms with van der Waals surface area (Å²) in [7, 11) is 0. The van der Waals surface area contributed by atoms with Gasteiger partial charge in [-0.25, -0.2) is 4.39 Å². The van der Waals surface area contributed by atoms with E-state index in [0.717, 1.165) is 38.3 Å². The first-order chi connectivity index (χ1) is 13.9. The van der Waals surface area contributed by atoms with Crippen LogP contribution < -0.4 is 9.47 Å². The van der Waals surface area contributed by atoms with E-state index in [1.807, 2.05) is 0 Å². The molecule has 4 nitrogen and oxygen atoms in total. The molecule has 2 aromatic carbocycles. The van der Waals surface area contributed by atoms with Crippen LogP contribution in [0.2, 0.25) is 0 Å². The number of hydrogen-bond donors (Lipinski definition) is 0. The summed E-state index contributed by atoms with van der Waals surface area (Å²) < 4.78 is 62.7. The van der Waals surface area contributed by atoms with Crippen LogP contribution in [-0.2, 0) is 6.18 Å². The number of piperazine rings is 1. The third-order valence-corrected chi connectivity index (χ3v) is 4.80. The summed E-state index contributed by atoms with van der Waals surface area (Å²) in [5.41, 5.74) is -0.707. The highest BCUT2D eigenvalue weighted by Crippen LogP contribution is 2.31. The van der Waals surface area contributed by atoms with Gasteiger partial charge in [0.15, 0.2) is 11.6 Å². The van der Waals surface area contributed by atoms with Crippen LogP contribution in [0.4, 0.5) is 17.6 Å². The minimum Gasteiger partial charge on any atom is -0.492 e. The predicted molar refractivity (Wildman–Crippen MR) is 102 cm³/mol. The van der Waals surface area contributed by atoms with Crippen molar-refractivity contribution in [3.8, 4) is 11.5 Å². The van der Waals surface area contributed by atoms with E-state index in [0.29, 0.717) is 26.3 Å². The van der Waals surface area contributed by atoms with Crippen LogP contribution >= 0.6 is 0 Å². The lowest BCUT2D eigenvalue weighted by molar-refractivity contribution is -0.137. The molecule has 1 aliphatic rings. The van der Waals surface area contributed by atoms with Crippen molar-refractivity contribution in [2.75, 3.05) is 52.5 Å². The molecule has 0 spiro atoms. The Hall–Kier alpha value is -2.32. The quantitative estimate of drug-likeness (QED) is 0.614. The van der Waals surface area contributed by atoms with Gasteiger partial charge in [-0.1, -0.05) is 18.2 Å². The largest absolute Gasteiger partial charge is 0.492 e. The molecular weight excluding hydrogens is 388 g/mol. The van der Waals surface area contributed by atoms with Crippen molar-refractivity contribution in [1.82, 2.24) is 9.80 Å². The maximum absolute atomic E-state index is 13.5. The molecule has 1 heterocycles. The van der Waals surface area contributed by atoms with Crippen molar-refractivity contribution >= 4 is 0 Å². The standard InChI is InChI=1S/C21H24F4N2O2/c22-19-6-1-2-7-20(19)29-15-13-27-10-8-26(9-11-27)12-14-28-18-5-3-4-17(16-18)21(23,24)25/h1-7,16H,8-15H2. The van der Waals surface area contributed by atoms with Crippen LogP contribution in [-0.4, -0.2) is 62.3 Å². The molecule has 158 valence electrons. The van der Waals surface area contributed by atoms with E-state index in [1.54, 1.807) is 18.2 Å². The third-order valence-electron chi connectivity index (χ3n) is 4.80. The monoisotopic (exact) mass is 412 g/mol. The topological polar surface area (TPSA) is 24.9 Å². The van der Waals surface area contributed by atoms with Gasteiger partial charge in [0.05, 0.1) is 5.56 Å². The zero-order valence-electron chi connectivity index (χ0n) is 16.0. The molecule has 3 rings (SSSR count). The molecule has 2 aromatic rings. The van der Waals surface area contributed by atoms with Gasteiger partial charge in [-0.05, 0) is 30.3 Å². The fourth-order valence-corrected chi connectivity index (χ4v) is 3.14. The van der Waals surface area contributed by atoms with Gasteiger partial charge in [0.1, 0.15) is 19.0 Å². The summed E-state index contributed by atoms with van der Waals surface area (Å²) in [5.74, 6) is 0.125. The molecule has 1 fully saturated rings. The lowest BCUT2D eigenvalue weighted by Gasteiger charge is -2.34. The Morgan fingerprint density at radius 1 is 0.793 bits per heavy atom. The molecule has 0 N–H and O–H groups in total. The predicted octanol–water partition coefficient (Wildman–Crippen LogP) is 3.92. The van der Waals surface area contributed by atoms with E-state index in [9.17, 15) is 17.6 Å². The summed E-state index contributed by atoms with van der Waals surface area (Å²) in [6.45, 7) is 5.49. The van der Waals surface area contributed by atoms with Crippen LogP contribution in [0.15, 0.2) is 48.5 Å². The Morgan fingerprint density at radius 3 is 2.03 bits per heavy atom. The van der Waals surface area contributed by atoms with E-state index < -0.39 is 11.7 Å². The van der Waals surface area contributed by atoms with Gasteiger partial charge in [0, 0.05) is 39.3 Å². The molecule has 8 heteroatoms. The number of rotatable bonds is 8. The molecule has 1 saturated heterocycles. The second-order valence-corrected chi connectivity index (χ2v) is 6.84. The van der Waals surface area contributed by atoms with Crippen LogP contribution in [0.3, 0.4) is 0 Å². The smallest absolute Gasteiger partial charge is 0.416 e. The average molecular weight is 412 g/mol. The van der Waals surface area contributed by atoms with Crippen molar-refractivity contribution in [2.24, 2.45) is 0 Å². The van der Waals surface area contributed by atoms with Gasteiger partial charge in [-0.3, -0.25) is 9.80 Å². The van der Waals surface area contributed by atoms with Crippen molar-refractivity contribution in [3.05, 3.63) is 59.9 Å². The Kier molecular flexibility index (Phi) is 7.33. The van der Waals surface area contributed by atoms with Crippen LogP contribution in [0.5, 0.6) is 11.5 Å². The van der Waals surface area contributed by atoms with E-state index in [2.05, 4.69) is 9.80 Å². The molecule has 0 aliphatic carbocycles. The molecule has 0 radical (unpaired) electrons. The summed E-state index contributed by atoms with van der Waals surface area (Å²) in [4.78, 5) is 4.45. The molecule has 29 heavy (non-hydrogen) atoms. The number of halogens is 4. The number of nitrogens with zero attached hydrogens (tertiary/aromatic N) is 2.